The molecule has 0 bridgehead atoms. The maximum atomic E-state index is 13.5. The van der Waals surface area contributed by atoms with Gasteiger partial charge < -0.3 is 16.0 Å². The van der Waals surface area contributed by atoms with Crippen LogP contribution in [0, 0.1) is 0 Å². The van der Waals surface area contributed by atoms with Crippen LogP contribution in [0.1, 0.15) is 29.3 Å². The fourth-order valence-corrected chi connectivity index (χ4v) is 6.26. The maximum absolute atomic E-state index is 13.5. The van der Waals surface area contributed by atoms with Crippen molar-refractivity contribution in [1.29, 1.82) is 0 Å². The average Bonchev–Trinajstić information content (AvgIpc) is 3.53. The molecule has 5 rings (SSSR count). The van der Waals surface area contributed by atoms with Gasteiger partial charge in [-0.05, 0) is 72.7 Å². The molecule has 0 fully saturated rings. The molecule has 7 nitrogen and oxygen atoms in total. The Hall–Kier alpha value is -4.41. The van der Waals surface area contributed by atoms with Gasteiger partial charge in [0, 0.05) is 37.1 Å². The van der Waals surface area contributed by atoms with Gasteiger partial charge in [-0.15, -0.1) is 23.1 Å². The molecule has 0 spiro atoms. The second kappa shape index (κ2) is 15.7. The first-order chi connectivity index (χ1) is 22.3. The lowest BCUT2D eigenvalue weighted by atomic mass is 10.1. The molecule has 0 radical (unpaired) electrons. The van der Waals surface area contributed by atoms with Crippen molar-refractivity contribution in [3.8, 4) is 11.3 Å². The summed E-state index contributed by atoms with van der Waals surface area (Å²) in [5, 5.41) is 11.7. The number of hydrogen-bond donors (Lipinski definition) is 3. The number of hydrogen-bond acceptors (Lipinski definition) is 6. The van der Waals surface area contributed by atoms with Crippen molar-refractivity contribution in [3.05, 3.63) is 135 Å². The van der Waals surface area contributed by atoms with Crippen LogP contribution in [0.15, 0.2) is 119 Å². The topological polar surface area (TPSA) is 100 Å². The van der Waals surface area contributed by atoms with E-state index in [9.17, 15) is 14.4 Å². The highest BCUT2D eigenvalue weighted by molar-refractivity contribution is 8.00. The van der Waals surface area contributed by atoms with Crippen LogP contribution in [0.3, 0.4) is 0 Å². The number of rotatable bonds is 11. The molecule has 3 amide bonds. The minimum absolute atomic E-state index is 0.0569. The third kappa shape index (κ3) is 9.08. The fraction of sp³-hybridized carbons (Fsp3) is 0.0857. The first-order valence-electron chi connectivity index (χ1n) is 14.2. The molecule has 1 unspecified atom stereocenters. The molecule has 3 N–H and O–H groups in total. The molecule has 1 heterocycles. The molecule has 46 heavy (non-hydrogen) atoms. The van der Waals surface area contributed by atoms with Gasteiger partial charge in [0.15, 0.2) is 5.13 Å². The second-order valence-corrected chi connectivity index (χ2v) is 13.0. The van der Waals surface area contributed by atoms with Gasteiger partial charge in [-0.1, -0.05) is 78.7 Å². The molecule has 1 atom stereocenters. The predicted molar refractivity (Wildman–Crippen MR) is 190 cm³/mol. The molecular weight excluding hydrogens is 659 g/mol. The summed E-state index contributed by atoms with van der Waals surface area (Å²) < 4.78 is 0. The van der Waals surface area contributed by atoms with Gasteiger partial charge >= 0.3 is 0 Å². The zero-order chi connectivity index (χ0) is 32.5. The van der Waals surface area contributed by atoms with E-state index in [2.05, 4.69) is 20.9 Å². The minimum Gasteiger partial charge on any atom is -0.321 e. The van der Waals surface area contributed by atoms with Crippen molar-refractivity contribution in [2.24, 2.45) is 0 Å². The van der Waals surface area contributed by atoms with Gasteiger partial charge in [-0.25, -0.2) is 4.98 Å². The number of benzene rings is 4. The number of carbonyl (C=O) groups is 3. The van der Waals surface area contributed by atoms with Gasteiger partial charge in [0.05, 0.1) is 10.9 Å². The largest absolute Gasteiger partial charge is 0.321 e. The van der Waals surface area contributed by atoms with E-state index in [0.717, 1.165) is 16.2 Å². The molecule has 0 aliphatic heterocycles. The third-order valence-electron chi connectivity index (χ3n) is 6.62. The molecule has 0 saturated carbocycles. The van der Waals surface area contributed by atoms with Gasteiger partial charge in [-0.3, -0.25) is 14.4 Å². The van der Waals surface area contributed by atoms with Crippen LogP contribution in [0.25, 0.3) is 17.3 Å². The zero-order valence-corrected chi connectivity index (χ0v) is 27.6. The Morgan fingerprint density at radius 3 is 2.26 bits per heavy atom. The number of thiazole rings is 1. The Balaban J connectivity index is 1.27. The Morgan fingerprint density at radius 1 is 0.870 bits per heavy atom. The van der Waals surface area contributed by atoms with Crippen LogP contribution in [0.5, 0.6) is 0 Å². The molecule has 0 saturated heterocycles. The van der Waals surface area contributed by atoms with Gasteiger partial charge in [0.1, 0.15) is 5.70 Å². The molecular formula is C35H28Cl2N4O3S2. The standard InChI is InChI=1S/C35H28Cl2N4O3S2/c1-2-31(34(44)41-35-40-30(21-45-35)23-13-17-26(37)18-14-23)46-28-10-6-9-27(20-28)38-33(43)29(19-22-11-15-25(36)16-12-22)39-32(42)24-7-4-3-5-8-24/h3-21,31H,2H2,1H3,(H,38,43)(H,39,42)(H,40,41,44)/b29-19-. The average molecular weight is 688 g/mol. The van der Waals surface area contributed by atoms with Crippen LogP contribution >= 0.6 is 46.3 Å². The number of nitrogens with one attached hydrogen (secondary N) is 3. The van der Waals surface area contributed by atoms with Crippen LogP contribution in [-0.4, -0.2) is 28.0 Å². The van der Waals surface area contributed by atoms with E-state index in [1.807, 2.05) is 36.6 Å². The van der Waals surface area contributed by atoms with E-state index in [4.69, 9.17) is 23.2 Å². The Bertz CT molecular complexity index is 1860. The summed E-state index contributed by atoms with van der Waals surface area (Å²) in [6, 6.07) is 30.1. The highest BCUT2D eigenvalue weighted by Crippen LogP contribution is 2.30. The summed E-state index contributed by atoms with van der Waals surface area (Å²) in [4.78, 5) is 45.0. The lowest BCUT2D eigenvalue weighted by Crippen LogP contribution is -2.30. The smallest absolute Gasteiger partial charge is 0.272 e. The highest BCUT2D eigenvalue weighted by atomic mass is 35.5. The van der Waals surface area contributed by atoms with Crippen LogP contribution in [0.4, 0.5) is 10.8 Å². The molecule has 11 heteroatoms. The normalized spacial score (nSPS) is 11.8. The number of thioether (sulfide) groups is 1. The summed E-state index contributed by atoms with van der Waals surface area (Å²) >= 11 is 14.8. The van der Waals surface area contributed by atoms with Gasteiger partial charge in [-0.2, -0.15) is 0 Å². The quantitative estimate of drug-likeness (QED) is 0.0951. The van der Waals surface area contributed by atoms with Crippen molar-refractivity contribution in [2.45, 2.75) is 23.5 Å². The SMILES string of the molecule is CCC(Sc1cccc(NC(=O)/C(=C/c2ccc(Cl)cc2)NC(=O)c2ccccc2)c1)C(=O)Nc1nc(-c2ccc(Cl)cc2)cs1. The number of anilines is 2. The van der Waals surface area contributed by atoms with Crippen molar-refractivity contribution in [1.82, 2.24) is 10.3 Å². The summed E-state index contributed by atoms with van der Waals surface area (Å²) in [7, 11) is 0. The van der Waals surface area contributed by atoms with Crippen molar-refractivity contribution in [3.63, 3.8) is 0 Å². The summed E-state index contributed by atoms with van der Waals surface area (Å²) in [5.41, 5.74) is 3.33. The third-order valence-corrected chi connectivity index (χ3v) is 9.24. The van der Waals surface area contributed by atoms with E-state index in [1.54, 1.807) is 84.9 Å². The van der Waals surface area contributed by atoms with Crippen LogP contribution in [0.2, 0.25) is 10.0 Å². The molecule has 0 aliphatic carbocycles. The highest BCUT2D eigenvalue weighted by Gasteiger charge is 2.20. The number of aromatic nitrogens is 1. The molecule has 5 aromatic rings. The Labute approximate surface area is 285 Å². The predicted octanol–water partition coefficient (Wildman–Crippen LogP) is 9.04. The zero-order valence-electron chi connectivity index (χ0n) is 24.5. The first-order valence-corrected chi connectivity index (χ1v) is 16.7. The van der Waals surface area contributed by atoms with E-state index >= 15 is 0 Å². The molecule has 232 valence electrons. The Kier molecular flexibility index (Phi) is 11.3. The second-order valence-electron chi connectivity index (χ2n) is 9.96. The summed E-state index contributed by atoms with van der Waals surface area (Å²) in [6.07, 6.45) is 2.15. The summed E-state index contributed by atoms with van der Waals surface area (Å²) in [6.45, 7) is 1.94. The van der Waals surface area contributed by atoms with E-state index in [1.165, 1.54) is 23.1 Å². The monoisotopic (exact) mass is 686 g/mol. The lowest BCUT2D eigenvalue weighted by molar-refractivity contribution is -0.116. The fourth-order valence-electron chi connectivity index (χ4n) is 4.27. The number of nitrogens with zero attached hydrogens (tertiary/aromatic N) is 1. The van der Waals surface area contributed by atoms with E-state index < -0.39 is 17.1 Å². The van der Waals surface area contributed by atoms with Gasteiger partial charge in [0.25, 0.3) is 11.8 Å². The molecule has 1 aromatic heterocycles. The van der Waals surface area contributed by atoms with Crippen LogP contribution in [-0.2, 0) is 9.59 Å². The Morgan fingerprint density at radius 2 is 1.57 bits per heavy atom. The molecule has 4 aromatic carbocycles. The van der Waals surface area contributed by atoms with Crippen molar-refractivity contribution < 1.29 is 14.4 Å². The van der Waals surface area contributed by atoms with E-state index in [-0.39, 0.29) is 11.6 Å². The minimum atomic E-state index is -0.508. The maximum Gasteiger partial charge on any atom is 0.272 e. The lowest BCUT2D eigenvalue weighted by Gasteiger charge is -2.15. The van der Waals surface area contributed by atoms with Crippen molar-refractivity contribution in [2.75, 3.05) is 10.6 Å². The number of carbonyl (C=O) groups excluding carboxylic acids is 3. The van der Waals surface area contributed by atoms with Crippen LogP contribution < -0.4 is 16.0 Å². The summed E-state index contributed by atoms with van der Waals surface area (Å²) in [5.74, 6) is -1.10. The van der Waals surface area contributed by atoms with Crippen molar-refractivity contribution >= 4 is 80.9 Å². The number of halogens is 2. The van der Waals surface area contributed by atoms with Gasteiger partial charge in [0.2, 0.25) is 5.91 Å². The first kappa shape index (κ1) is 33.0. The number of amides is 3. The van der Waals surface area contributed by atoms with E-state index in [0.29, 0.717) is 38.4 Å². The molecule has 0 aliphatic rings.